The summed E-state index contributed by atoms with van der Waals surface area (Å²) in [6.45, 7) is 3.69. The predicted molar refractivity (Wildman–Crippen MR) is 156 cm³/mol. The molecule has 4 aromatic carbocycles. The molecule has 0 aromatic heterocycles. The summed E-state index contributed by atoms with van der Waals surface area (Å²) in [5, 5.41) is 8.23. The Balaban J connectivity index is 0.000000637. The molecule has 0 unspecified atom stereocenters. The molecule has 0 aliphatic heterocycles. The van der Waals surface area contributed by atoms with Gasteiger partial charge in [-0.05, 0) is 40.8 Å². The van der Waals surface area contributed by atoms with E-state index in [1.165, 1.54) is 60.1 Å². The number of hydrogen-bond donors (Lipinski definition) is 2. The molecule has 0 fully saturated rings. The minimum atomic E-state index is -1.24. The predicted octanol–water partition coefficient (Wildman–Crippen LogP) is 4.75. The Labute approximate surface area is 340 Å². The molecule has 1 radical (unpaired) electrons. The van der Waals surface area contributed by atoms with E-state index < -0.39 is 45.4 Å². The van der Waals surface area contributed by atoms with E-state index in [-0.39, 0.29) is 85.0 Å². The fourth-order valence-electron chi connectivity index (χ4n) is 4.90. The van der Waals surface area contributed by atoms with Crippen molar-refractivity contribution in [3.63, 3.8) is 0 Å². The van der Waals surface area contributed by atoms with Crippen molar-refractivity contribution < 1.29 is 134 Å². The Morgan fingerprint density at radius 1 is 0.810 bits per heavy atom. The second-order valence-electron chi connectivity index (χ2n) is 9.05. The first-order valence-electron chi connectivity index (χ1n) is 12.3. The summed E-state index contributed by atoms with van der Waals surface area (Å²) in [6.07, 6.45) is 2.80. The number of hydrogen-bond acceptors (Lipinski definition) is 4. The quantitative estimate of drug-likeness (QED) is 0.149. The first-order valence-corrected chi connectivity index (χ1v) is 35.3. The molecule has 0 saturated carbocycles. The second-order valence-corrected chi connectivity index (χ2v) is 23.5. The average Bonchev–Trinajstić information content (AvgIpc) is 3.46. The fraction of sp³-hybridized carbons (Fsp3) is 0.133. The Hall–Kier alpha value is 0.872. The fourth-order valence-corrected chi connectivity index (χ4v) is 8.42. The van der Waals surface area contributed by atoms with Crippen LogP contribution in [0.3, 0.4) is 0 Å². The Morgan fingerprint density at radius 2 is 1.29 bits per heavy atom. The Bertz CT molecular complexity index is 1520. The van der Waals surface area contributed by atoms with E-state index in [1.54, 1.807) is 0 Å². The largest absolute Gasteiger partial charge is 1.00 e. The topological polar surface area (TPSA) is 100 Å². The maximum atomic E-state index is 11.0. The minimum absolute atomic E-state index is 0. The number of carbonyl (C=O) groups is 1. The number of rotatable bonds is 2. The number of nitrogens with one attached hydrogen (secondary N) is 2. The van der Waals surface area contributed by atoms with Gasteiger partial charge in [-0.15, -0.1) is 0 Å². The standard InChI is InChI=1S/C15H13NO.C14H11.CHNO.Ac.3ClH.2Hg.Na.H2O/c1-10(17)16-13-6-7-15-12(9-13)8-11-4-2-3-5-14(11)15;1-10-6-7-14-12(8-10)9-11-4-2-3-5-13(11)14;2-1-3;;;;;;;;/h2-7,9H,8H2,1H3,(H,16,17);3-8H,9H2,1H3;2H;;3*1H;;;;1H2/q;;;;;;;+1;+2;+1;/p-4. The molecule has 0 atom stereocenters. The Morgan fingerprint density at radius 3 is 1.88 bits per heavy atom. The molecule has 1 amide bonds. The third-order valence-corrected chi connectivity index (χ3v) is 12.0. The van der Waals surface area contributed by atoms with E-state index in [1.807, 2.05) is 6.07 Å². The van der Waals surface area contributed by atoms with E-state index >= 15 is 0 Å². The van der Waals surface area contributed by atoms with Crippen LogP contribution in [-0.4, -0.2) is 17.5 Å². The van der Waals surface area contributed by atoms with Gasteiger partial charge < -0.3 is 10.8 Å². The molecule has 4 aromatic rings. The van der Waals surface area contributed by atoms with E-state index in [0.29, 0.717) is 0 Å². The number of carbonyl (C=O) groups excluding carboxylic acids is 2. The van der Waals surface area contributed by atoms with Crippen LogP contribution < -0.4 is 37.9 Å². The number of halogens is 3. The van der Waals surface area contributed by atoms with Crippen LogP contribution in [-0.2, 0) is 67.9 Å². The summed E-state index contributed by atoms with van der Waals surface area (Å²) >= 11 is -2.38. The van der Waals surface area contributed by atoms with E-state index in [9.17, 15) is 4.79 Å². The van der Waals surface area contributed by atoms with Crippen molar-refractivity contribution in [2.24, 2.45) is 0 Å². The number of amides is 1. The summed E-state index contributed by atoms with van der Waals surface area (Å²) in [4.78, 5) is 19.4. The molecule has 5 nitrogen and oxygen atoms in total. The van der Waals surface area contributed by atoms with Gasteiger partial charge >= 0.3 is 180 Å². The Kier molecular flexibility index (Phi) is 22.9. The molecule has 0 heterocycles. The monoisotopic (exact) mass is 1220 g/mol. The maximum absolute atomic E-state index is 11.0. The maximum Gasteiger partial charge on any atom is 1.00 e. The molecular weight excluding hydrogens is 1190 g/mol. The molecule has 0 spiro atoms. The summed E-state index contributed by atoms with van der Waals surface area (Å²) in [6, 6.07) is 28.1. The molecule has 0 bridgehead atoms. The molecule has 42 heavy (non-hydrogen) atoms. The van der Waals surface area contributed by atoms with Crippen molar-refractivity contribution in [1.82, 2.24) is 0 Å². The van der Waals surface area contributed by atoms with E-state index in [4.69, 9.17) is 35.0 Å². The zero-order valence-electron chi connectivity index (χ0n) is 23.8. The van der Waals surface area contributed by atoms with Gasteiger partial charge in [0.25, 0.3) is 0 Å². The molecule has 2 aliphatic carbocycles. The van der Waals surface area contributed by atoms with Crippen LogP contribution in [0.1, 0.15) is 34.7 Å². The molecule has 3 N–H and O–H groups in total. The van der Waals surface area contributed by atoms with Crippen LogP contribution in [0.2, 0.25) is 0 Å². The number of benzene rings is 4. The second kappa shape index (κ2) is 22.4. The van der Waals surface area contributed by atoms with E-state index in [0.717, 1.165) is 24.6 Å². The third-order valence-electron chi connectivity index (χ3n) is 6.37. The summed E-state index contributed by atoms with van der Waals surface area (Å²) < 4.78 is 1.44. The number of anilines is 1. The van der Waals surface area contributed by atoms with Crippen LogP contribution in [0, 0.1) is 56.4 Å². The first-order chi connectivity index (χ1) is 18.8. The number of fused-ring (bicyclic) bond motifs is 6. The first kappa shape index (κ1) is 42.9. The van der Waals surface area contributed by atoms with Crippen molar-refractivity contribution >= 4 is 45.5 Å². The van der Waals surface area contributed by atoms with Crippen molar-refractivity contribution in [3.8, 4) is 22.3 Å². The molecule has 12 heteroatoms. The molecule has 0 saturated heterocycles. The number of isocyanates is 1. The van der Waals surface area contributed by atoms with Crippen LogP contribution >= 0.6 is 24.7 Å². The zero-order valence-corrected chi connectivity index (χ0v) is 43.8. The SMILES string of the molecule is CC(=O)Nc1ccc2c(c1)Cc1ccccc1-2.Cc1ccc2c(c1)Cc1c[c]([Hg][Cl])ccc1-2.N=C=O.[Ac].[Cl][Hg][Cl].[Na+].[OH-]. The van der Waals surface area contributed by atoms with Gasteiger partial charge in [-0.1, -0.05) is 30.3 Å². The van der Waals surface area contributed by atoms with Gasteiger partial charge in [0, 0.05) is 56.7 Å². The van der Waals surface area contributed by atoms with Crippen molar-refractivity contribution in [2.45, 2.75) is 26.7 Å². The van der Waals surface area contributed by atoms with Gasteiger partial charge in [0.05, 0.1) is 0 Å². The molecule has 6 rings (SSSR count). The molecule has 203 valence electrons. The van der Waals surface area contributed by atoms with Gasteiger partial charge in [0.1, 0.15) is 0 Å². The van der Waals surface area contributed by atoms with E-state index in [2.05, 4.69) is 85.0 Å². The normalized spacial score (nSPS) is 9.74. The summed E-state index contributed by atoms with van der Waals surface area (Å²) in [5.74, 6) is -0.0274. The van der Waals surface area contributed by atoms with Crippen molar-refractivity contribution in [1.29, 1.82) is 5.41 Å². The molecule has 2 aliphatic rings. The smallest absolute Gasteiger partial charge is 0.870 e. The molecular formula is C30H26AcCl3Hg2N2NaO3. The van der Waals surface area contributed by atoms with Gasteiger partial charge in [0.15, 0.2) is 0 Å². The van der Waals surface area contributed by atoms with Gasteiger partial charge in [-0.3, -0.25) is 4.79 Å². The van der Waals surface area contributed by atoms with Crippen LogP contribution in [0.15, 0.2) is 78.9 Å². The summed E-state index contributed by atoms with van der Waals surface area (Å²) in [7, 11) is 16.1. The average molecular weight is 1220 g/mol. The van der Waals surface area contributed by atoms with Gasteiger partial charge in [-0.25, -0.2) is 10.2 Å². The minimum Gasteiger partial charge on any atom is -0.870 e. The van der Waals surface area contributed by atoms with Crippen LogP contribution in [0.25, 0.3) is 22.3 Å². The number of aryl methyl sites for hydroxylation is 1. The van der Waals surface area contributed by atoms with Crippen LogP contribution in [0.5, 0.6) is 0 Å². The third kappa shape index (κ3) is 12.2. The summed E-state index contributed by atoms with van der Waals surface area (Å²) in [5.41, 5.74) is 13.3. The van der Waals surface area contributed by atoms with Crippen molar-refractivity contribution in [3.05, 3.63) is 107 Å². The van der Waals surface area contributed by atoms with Crippen molar-refractivity contribution in [2.75, 3.05) is 5.32 Å². The van der Waals surface area contributed by atoms with Crippen LogP contribution in [0.4, 0.5) is 5.69 Å². The van der Waals surface area contributed by atoms with Gasteiger partial charge in [-0.2, -0.15) is 0 Å². The van der Waals surface area contributed by atoms with Gasteiger partial charge in [0.2, 0.25) is 12.0 Å². The zero-order chi connectivity index (χ0) is 28.4.